The van der Waals surface area contributed by atoms with Gasteiger partial charge in [-0.3, -0.25) is 9.59 Å². The zero-order chi connectivity index (χ0) is 23.9. The van der Waals surface area contributed by atoms with Gasteiger partial charge in [-0.2, -0.15) is 0 Å². The Balaban J connectivity index is 3.34. The first-order chi connectivity index (χ1) is 15.5. The molecule has 0 fully saturated rings. The second kappa shape index (κ2) is 22.3. The van der Waals surface area contributed by atoms with E-state index in [-0.39, 0.29) is 18.7 Å². The molecule has 0 aromatic rings. The number of amides is 1. The summed E-state index contributed by atoms with van der Waals surface area (Å²) in [5.41, 5.74) is 0. The predicted octanol–water partition coefficient (Wildman–Crippen LogP) is 5.64. The van der Waals surface area contributed by atoms with Crippen LogP contribution >= 0.6 is 0 Å². The molecule has 0 spiro atoms. The summed E-state index contributed by atoms with van der Waals surface area (Å²) in [4.78, 5) is 43.6. The zero-order valence-electron chi connectivity index (χ0n) is 19.8. The van der Waals surface area contributed by atoms with E-state index < -0.39 is 18.0 Å². The van der Waals surface area contributed by atoms with Crippen LogP contribution in [0.25, 0.3) is 0 Å². The van der Waals surface area contributed by atoms with Crippen LogP contribution in [0.5, 0.6) is 0 Å². The first-order valence-corrected chi connectivity index (χ1v) is 12.6. The van der Waals surface area contributed by atoms with Gasteiger partial charge in [0.15, 0.2) is 0 Å². The Hall–Kier alpha value is -1.92. The van der Waals surface area contributed by atoms with Gasteiger partial charge in [0.1, 0.15) is 12.3 Å². The smallest absolute Gasteiger partial charge is 0.326 e. The van der Waals surface area contributed by atoms with E-state index in [4.69, 9.17) is 10.2 Å². The summed E-state index contributed by atoms with van der Waals surface area (Å²) in [6.45, 7) is 0. The molecule has 0 aliphatic rings. The lowest BCUT2D eigenvalue weighted by Crippen LogP contribution is -2.40. The molecule has 1 amide bonds. The first-order valence-electron chi connectivity index (χ1n) is 12.6. The summed E-state index contributed by atoms with van der Waals surface area (Å²) in [6.07, 6.45) is 20.1. The molecule has 7 heteroatoms. The fourth-order valence-electron chi connectivity index (χ4n) is 3.80. The Morgan fingerprint density at radius 1 is 0.625 bits per heavy atom. The third-order valence-corrected chi connectivity index (χ3v) is 5.75. The number of rotatable bonds is 24. The average Bonchev–Trinajstić information content (AvgIpc) is 2.75. The molecule has 3 N–H and O–H groups in total. The quantitative estimate of drug-likeness (QED) is 0.128. The number of hydrogen-bond acceptors (Lipinski definition) is 4. The number of hydrogen-bond donors (Lipinski definition) is 3. The summed E-state index contributed by atoms with van der Waals surface area (Å²) in [5, 5.41) is 20.1. The summed E-state index contributed by atoms with van der Waals surface area (Å²) >= 11 is 0. The van der Waals surface area contributed by atoms with Crippen molar-refractivity contribution in [2.45, 2.75) is 134 Å². The molecule has 0 saturated heterocycles. The van der Waals surface area contributed by atoms with Crippen LogP contribution < -0.4 is 5.32 Å². The minimum Gasteiger partial charge on any atom is -0.481 e. The minimum absolute atomic E-state index is 0.134. The number of carboxylic acids is 2. The number of nitrogens with one attached hydrogen (secondary N) is 1. The number of aliphatic carboxylic acids is 2. The first kappa shape index (κ1) is 30.1. The number of carbonyl (C=O) groups is 4. The number of unbranched alkanes of at least 4 members (excludes halogenated alkanes) is 15. The molecular weight excluding hydrogens is 410 g/mol. The van der Waals surface area contributed by atoms with E-state index in [0.717, 1.165) is 38.5 Å². The van der Waals surface area contributed by atoms with Gasteiger partial charge < -0.3 is 20.3 Å². The highest BCUT2D eigenvalue weighted by molar-refractivity contribution is 5.83. The Morgan fingerprint density at radius 3 is 1.34 bits per heavy atom. The SMILES string of the molecule is O=CCCC(NC(=O)CCCCCCCCCCCCCCCCCCC(=O)O)C(=O)O. The fraction of sp³-hybridized carbons (Fsp3) is 0.840. The average molecular weight is 456 g/mol. The maximum atomic E-state index is 11.8. The van der Waals surface area contributed by atoms with Crippen molar-refractivity contribution in [3.05, 3.63) is 0 Å². The largest absolute Gasteiger partial charge is 0.481 e. The zero-order valence-corrected chi connectivity index (χ0v) is 19.8. The van der Waals surface area contributed by atoms with Crippen molar-refractivity contribution in [1.29, 1.82) is 0 Å². The fourth-order valence-corrected chi connectivity index (χ4v) is 3.80. The van der Waals surface area contributed by atoms with E-state index >= 15 is 0 Å². The molecule has 7 nitrogen and oxygen atoms in total. The molecule has 0 radical (unpaired) electrons. The molecule has 1 atom stereocenters. The second-order valence-electron chi connectivity index (χ2n) is 8.75. The van der Waals surface area contributed by atoms with Crippen LogP contribution in [0.3, 0.4) is 0 Å². The molecule has 32 heavy (non-hydrogen) atoms. The lowest BCUT2D eigenvalue weighted by Gasteiger charge is -2.13. The highest BCUT2D eigenvalue weighted by Gasteiger charge is 2.18. The number of carbonyl (C=O) groups excluding carboxylic acids is 2. The van der Waals surface area contributed by atoms with Crippen LogP contribution in [-0.4, -0.2) is 40.4 Å². The third kappa shape index (κ3) is 21.3. The summed E-state index contributed by atoms with van der Waals surface area (Å²) < 4.78 is 0. The van der Waals surface area contributed by atoms with Crippen molar-refractivity contribution in [3.63, 3.8) is 0 Å². The van der Waals surface area contributed by atoms with Crippen LogP contribution in [0.4, 0.5) is 0 Å². The Labute approximate surface area is 193 Å². The van der Waals surface area contributed by atoms with E-state index in [1.54, 1.807) is 0 Å². The molecule has 1 unspecified atom stereocenters. The van der Waals surface area contributed by atoms with Gasteiger partial charge in [-0.05, 0) is 19.3 Å². The van der Waals surface area contributed by atoms with E-state index in [1.165, 1.54) is 64.2 Å². The molecule has 0 heterocycles. The Kier molecular flexibility index (Phi) is 20.9. The lowest BCUT2D eigenvalue weighted by atomic mass is 10.0. The maximum absolute atomic E-state index is 11.8. The monoisotopic (exact) mass is 455 g/mol. The van der Waals surface area contributed by atoms with Gasteiger partial charge in [-0.1, -0.05) is 89.9 Å². The second-order valence-corrected chi connectivity index (χ2v) is 8.75. The van der Waals surface area contributed by atoms with E-state index in [1.807, 2.05) is 0 Å². The molecule has 0 saturated carbocycles. The van der Waals surface area contributed by atoms with Gasteiger partial charge in [0.05, 0.1) is 0 Å². The van der Waals surface area contributed by atoms with Crippen molar-refractivity contribution in [2.75, 3.05) is 0 Å². The van der Waals surface area contributed by atoms with Gasteiger partial charge in [-0.25, -0.2) is 4.79 Å². The van der Waals surface area contributed by atoms with E-state index in [2.05, 4.69) is 5.32 Å². The minimum atomic E-state index is -1.09. The van der Waals surface area contributed by atoms with Gasteiger partial charge in [0.2, 0.25) is 5.91 Å². The van der Waals surface area contributed by atoms with Gasteiger partial charge in [0.25, 0.3) is 0 Å². The third-order valence-electron chi connectivity index (χ3n) is 5.75. The molecular formula is C25H45NO6. The van der Waals surface area contributed by atoms with Crippen LogP contribution in [0.1, 0.15) is 128 Å². The van der Waals surface area contributed by atoms with Gasteiger partial charge >= 0.3 is 11.9 Å². The molecule has 186 valence electrons. The number of aldehydes is 1. The summed E-state index contributed by atoms with van der Waals surface area (Å²) in [6, 6.07) is -0.969. The normalized spacial score (nSPS) is 11.8. The molecule has 0 aliphatic heterocycles. The topological polar surface area (TPSA) is 121 Å². The van der Waals surface area contributed by atoms with Gasteiger partial charge in [-0.15, -0.1) is 0 Å². The highest BCUT2D eigenvalue weighted by atomic mass is 16.4. The van der Waals surface area contributed by atoms with Crippen LogP contribution in [-0.2, 0) is 19.2 Å². The lowest BCUT2D eigenvalue weighted by molar-refractivity contribution is -0.142. The van der Waals surface area contributed by atoms with Crippen molar-refractivity contribution in [3.8, 4) is 0 Å². The number of carboxylic acid groups (broad SMARTS) is 2. The van der Waals surface area contributed by atoms with Crippen LogP contribution in [0.15, 0.2) is 0 Å². The van der Waals surface area contributed by atoms with Crippen molar-refractivity contribution in [2.24, 2.45) is 0 Å². The predicted molar refractivity (Wildman–Crippen MR) is 126 cm³/mol. The van der Waals surface area contributed by atoms with E-state index in [9.17, 15) is 19.2 Å². The van der Waals surface area contributed by atoms with E-state index in [0.29, 0.717) is 19.1 Å². The summed E-state index contributed by atoms with van der Waals surface area (Å²) in [7, 11) is 0. The van der Waals surface area contributed by atoms with Crippen molar-refractivity contribution >= 4 is 24.1 Å². The molecule has 0 aromatic carbocycles. The molecule has 0 aliphatic carbocycles. The van der Waals surface area contributed by atoms with Crippen LogP contribution in [0, 0.1) is 0 Å². The van der Waals surface area contributed by atoms with Crippen molar-refractivity contribution in [1.82, 2.24) is 5.32 Å². The molecule has 0 rings (SSSR count). The molecule has 0 bridgehead atoms. The van der Waals surface area contributed by atoms with Crippen molar-refractivity contribution < 1.29 is 29.4 Å². The highest BCUT2D eigenvalue weighted by Crippen LogP contribution is 2.14. The molecule has 0 aromatic heterocycles. The standard InChI is InChI=1S/C25H45NO6/c27-21-17-18-22(25(31)32)26-23(28)19-15-13-11-9-7-5-3-1-2-4-6-8-10-12-14-16-20-24(29)30/h21-22H,1-20H2,(H,26,28)(H,29,30)(H,31,32). The Bertz CT molecular complexity index is 509. The maximum Gasteiger partial charge on any atom is 0.326 e. The van der Waals surface area contributed by atoms with Crippen LogP contribution in [0.2, 0.25) is 0 Å². The van der Waals surface area contributed by atoms with Gasteiger partial charge in [0, 0.05) is 19.3 Å². The summed E-state index contributed by atoms with van der Waals surface area (Å²) in [5.74, 6) is -2.03. The Morgan fingerprint density at radius 2 is 1.00 bits per heavy atom.